The molecule has 96 valence electrons. The van der Waals surface area contributed by atoms with Gasteiger partial charge in [0.25, 0.3) is 0 Å². The van der Waals surface area contributed by atoms with Crippen LogP contribution in [0.2, 0.25) is 0 Å². The van der Waals surface area contributed by atoms with Crippen LogP contribution in [0.4, 0.5) is 0 Å². The topological polar surface area (TPSA) is 32.5 Å². The Hall–Kier alpha value is -0.120. The van der Waals surface area contributed by atoms with E-state index in [0.29, 0.717) is 12.0 Å². The first-order chi connectivity index (χ1) is 7.67. The Labute approximate surface area is 101 Å². The van der Waals surface area contributed by atoms with Crippen molar-refractivity contribution < 1.29 is 0 Å². The van der Waals surface area contributed by atoms with E-state index in [4.69, 9.17) is 5.73 Å². The Morgan fingerprint density at radius 1 is 1.25 bits per heavy atom. The fourth-order valence-corrected chi connectivity index (χ4v) is 2.68. The second-order valence-electron chi connectivity index (χ2n) is 5.28. The fraction of sp³-hybridized carbons (Fsp3) is 1.00. The summed E-state index contributed by atoms with van der Waals surface area (Å²) in [6, 6.07) is 0.410. The molecule has 0 aliphatic carbocycles. The second kappa shape index (κ2) is 7.25. The first-order valence-electron chi connectivity index (χ1n) is 6.83. The van der Waals surface area contributed by atoms with Crippen LogP contribution in [0.1, 0.15) is 33.1 Å². The molecule has 0 spiro atoms. The van der Waals surface area contributed by atoms with Crippen molar-refractivity contribution in [2.24, 2.45) is 11.7 Å². The first-order valence-corrected chi connectivity index (χ1v) is 6.83. The van der Waals surface area contributed by atoms with Crippen LogP contribution in [0.15, 0.2) is 0 Å². The summed E-state index contributed by atoms with van der Waals surface area (Å²) >= 11 is 0. The summed E-state index contributed by atoms with van der Waals surface area (Å²) in [6.45, 7) is 10.5. The van der Waals surface area contributed by atoms with Crippen molar-refractivity contribution in [3.63, 3.8) is 0 Å². The van der Waals surface area contributed by atoms with Gasteiger partial charge in [0.05, 0.1) is 0 Å². The van der Waals surface area contributed by atoms with Crippen LogP contribution >= 0.6 is 0 Å². The molecule has 0 amide bonds. The molecule has 1 rings (SSSR count). The zero-order valence-corrected chi connectivity index (χ0v) is 11.3. The molecule has 0 saturated carbocycles. The SMILES string of the molecule is CCCN(CCC)CC1CN(C)CCC1N. The maximum absolute atomic E-state index is 6.23. The van der Waals surface area contributed by atoms with E-state index in [-0.39, 0.29) is 0 Å². The summed E-state index contributed by atoms with van der Waals surface area (Å²) in [6.07, 6.45) is 3.66. The number of hydrogen-bond donors (Lipinski definition) is 1. The number of hydrogen-bond acceptors (Lipinski definition) is 3. The Morgan fingerprint density at radius 2 is 1.88 bits per heavy atom. The third-order valence-electron chi connectivity index (χ3n) is 3.57. The van der Waals surface area contributed by atoms with Gasteiger partial charge in [-0.1, -0.05) is 13.8 Å². The number of likely N-dealkylation sites (tertiary alicyclic amines) is 1. The van der Waals surface area contributed by atoms with Gasteiger partial charge in [0, 0.05) is 19.1 Å². The molecule has 0 aromatic carbocycles. The van der Waals surface area contributed by atoms with Gasteiger partial charge in [0.1, 0.15) is 0 Å². The summed E-state index contributed by atoms with van der Waals surface area (Å²) in [4.78, 5) is 5.01. The van der Waals surface area contributed by atoms with E-state index in [1.54, 1.807) is 0 Å². The third-order valence-corrected chi connectivity index (χ3v) is 3.57. The molecule has 2 N–H and O–H groups in total. The third kappa shape index (κ3) is 4.40. The molecule has 2 atom stereocenters. The molecule has 0 bridgehead atoms. The lowest BCUT2D eigenvalue weighted by Crippen LogP contribution is -2.50. The lowest BCUT2D eigenvalue weighted by molar-refractivity contribution is 0.134. The van der Waals surface area contributed by atoms with Crippen LogP contribution in [0, 0.1) is 5.92 Å². The van der Waals surface area contributed by atoms with Crippen molar-refractivity contribution in [2.45, 2.75) is 39.2 Å². The van der Waals surface area contributed by atoms with Crippen LogP contribution in [0.3, 0.4) is 0 Å². The van der Waals surface area contributed by atoms with Gasteiger partial charge in [0.2, 0.25) is 0 Å². The summed E-state index contributed by atoms with van der Waals surface area (Å²) in [7, 11) is 2.21. The van der Waals surface area contributed by atoms with Gasteiger partial charge in [-0.2, -0.15) is 0 Å². The minimum Gasteiger partial charge on any atom is -0.327 e. The van der Waals surface area contributed by atoms with Crippen LogP contribution in [0.5, 0.6) is 0 Å². The van der Waals surface area contributed by atoms with Gasteiger partial charge in [-0.3, -0.25) is 0 Å². The summed E-state index contributed by atoms with van der Waals surface area (Å²) in [5.74, 6) is 0.664. The maximum Gasteiger partial charge on any atom is 0.0104 e. The molecule has 3 heteroatoms. The minimum absolute atomic E-state index is 0.410. The van der Waals surface area contributed by atoms with Crippen molar-refractivity contribution in [3.05, 3.63) is 0 Å². The average Bonchev–Trinajstić information content (AvgIpc) is 2.24. The van der Waals surface area contributed by atoms with E-state index >= 15 is 0 Å². The van der Waals surface area contributed by atoms with Gasteiger partial charge in [0.15, 0.2) is 0 Å². The Kier molecular flexibility index (Phi) is 6.32. The highest BCUT2D eigenvalue weighted by Crippen LogP contribution is 2.16. The zero-order valence-electron chi connectivity index (χ0n) is 11.3. The lowest BCUT2D eigenvalue weighted by Gasteiger charge is -2.37. The molecule has 1 aliphatic heterocycles. The van der Waals surface area contributed by atoms with Crippen molar-refractivity contribution in [2.75, 3.05) is 39.8 Å². The highest BCUT2D eigenvalue weighted by Gasteiger charge is 2.26. The Balaban J connectivity index is 2.41. The Bertz CT molecular complexity index is 178. The van der Waals surface area contributed by atoms with E-state index in [1.165, 1.54) is 45.6 Å². The van der Waals surface area contributed by atoms with Crippen molar-refractivity contribution in [1.82, 2.24) is 9.80 Å². The quantitative estimate of drug-likeness (QED) is 0.744. The van der Waals surface area contributed by atoms with Gasteiger partial charge in [-0.25, -0.2) is 0 Å². The first kappa shape index (κ1) is 13.9. The summed E-state index contributed by atoms with van der Waals surface area (Å²) in [5.41, 5.74) is 6.23. The molecular weight excluding hydrogens is 198 g/mol. The summed E-state index contributed by atoms with van der Waals surface area (Å²) in [5, 5.41) is 0. The molecule has 1 aliphatic rings. The number of rotatable bonds is 6. The van der Waals surface area contributed by atoms with E-state index < -0.39 is 0 Å². The molecule has 1 heterocycles. The fourth-order valence-electron chi connectivity index (χ4n) is 2.68. The molecule has 1 saturated heterocycles. The average molecular weight is 227 g/mol. The van der Waals surface area contributed by atoms with E-state index in [1.807, 2.05) is 0 Å². The zero-order chi connectivity index (χ0) is 12.0. The molecule has 16 heavy (non-hydrogen) atoms. The van der Waals surface area contributed by atoms with Crippen LogP contribution in [-0.2, 0) is 0 Å². The minimum atomic E-state index is 0.410. The molecular formula is C13H29N3. The molecule has 2 unspecified atom stereocenters. The van der Waals surface area contributed by atoms with Gasteiger partial charge < -0.3 is 15.5 Å². The van der Waals surface area contributed by atoms with E-state index in [9.17, 15) is 0 Å². The number of nitrogens with two attached hydrogens (primary N) is 1. The molecule has 0 radical (unpaired) electrons. The maximum atomic E-state index is 6.23. The normalized spacial score (nSPS) is 27.6. The van der Waals surface area contributed by atoms with Crippen LogP contribution < -0.4 is 5.73 Å². The predicted octanol–water partition coefficient (Wildman–Crippen LogP) is 1.39. The highest BCUT2D eigenvalue weighted by molar-refractivity contribution is 4.83. The van der Waals surface area contributed by atoms with Gasteiger partial charge >= 0.3 is 0 Å². The largest absolute Gasteiger partial charge is 0.327 e. The van der Waals surface area contributed by atoms with Crippen molar-refractivity contribution in [1.29, 1.82) is 0 Å². The molecule has 3 nitrogen and oxygen atoms in total. The van der Waals surface area contributed by atoms with E-state index in [2.05, 4.69) is 30.7 Å². The molecule has 1 fully saturated rings. The Morgan fingerprint density at radius 3 is 2.44 bits per heavy atom. The number of nitrogens with zero attached hydrogens (tertiary/aromatic N) is 2. The molecule has 0 aromatic rings. The standard InChI is InChI=1S/C13H29N3/c1-4-7-16(8-5-2)11-12-10-15(3)9-6-13(12)14/h12-13H,4-11,14H2,1-3H3. The molecule has 0 aromatic heterocycles. The predicted molar refractivity (Wildman–Crippen MR) is 70.6 cm³/mol. The lowest BCUT2D eigenvalue weighted by atomic mass is 9.92. The van der Waals surface area contributed by atoms with Crippen LogP contribution in [0.25, 0.3) is 0 Å². The van der Waals surface area contributed by atoms with Gasteiger partial charge in [-0.05, 0) is 51.9 Å². The smallest absolute Gasteiger partial charge is 0.0104 e. The van der Waals surface area contributed by atoms with Crippen LogP contribution in [-0.4, -0.2) is 55.6 Å². The second-order valence-corrected chi connectivity index (χ2v) is 5.28. The van der Waals surface area contributed by atoms with E-state index in [0.717, 1.165) is 6.42 Å². The van der Waals surface area contributed by atoms with Crippen molar-refractivity contribution in [3.8, 4) is 0 Å². The monoisotopic (exact) mass is 227 g/mol. The van der Waals surface area contributed by atoms with Crippen molar-refractivity contribution >= 4 is 0 Å². The highest BCUT2D eigenvalue weighted by atomic mass is 15.2. The summed E-state index contributed by atoms with van der Waals surface area (Å²) < 4.78 is 0. The number of piperidine rings is 1. The van der Waals surface area contributed by atoms with Gasteiger partial charge in [-0.15, -0.1) is 0 Å².